The van der Waals surface area contributed by atoms with Gasteiger partial charge in [0.1, 0.15) is 5.41 Å². The third-order valence-corrected chi connectivity index (χ3v) is 5.13. The molecule has 5 nitrogen and oxygen atoms in total. The number of hydrogen-bond donors (Lipinski definition) is 1. The number of hydrogen-bond acceptors (Lipinski definition) is 4. The van der Waals surface area contributed by atoms with Crippen LogP contribution < -0.4 is 5.32 Å². The molecule has 1 N–H and O–H groups in total. The van der Waals surface area contributed by atoms with Crippen LogP contribution >= 0.6 is 11.3 Å². The molecule has 1 aliphatic rings. The molecule has 0 bridgehead atoms. The highest BCUT2D eigenvalue weighted by Gasteiger charge is 2.52. The van der Waals surface area contributed by atoms with Crippen molar-refractivity contribution in [2.45, 2.75) is 46.1 Å². The Bertz CT molecular complexity index is 549. The van der Waals surface area contributed by atoms with Crippen LogP contribution in [0.1, 0.15) is 38.5 Å². The molecular formula is C15H20N2O3S. The van der Waals surface area contributed by atoms with Crippen LogP contribution in [-0.4, -0.2) is 28.8 Å². The van der Waals surface area contributed by atoms with E-state index in [2.05, 4.69) is 5.32 Å². The first kappa shape index (κ1) is 15.7. The van der Waals surface area contributed by atoms with Crippen molar-refractivity contribution in [1.82, 2.24) is 10.2 Å². The lowest BCUT2D eigenvalue weighted by molar-refractivity contribution is -0.153. The van der Waals surface area contributed by atoms with Crippen LogP contribution in [-0.2, 0) is 16.0 Å². The predicted molar refractivity (Wildman–Crippen MR) is 80.9 cm³/mol. The highest BCUT2D eigenvalue weighted by molar-refractivity contribution is 7.09. The van der Waals surface area contributed by atoms with Crippen molar-refractivity contribution in [3.8, 4) is 0 Å². The van der Waals surface area contributed by atoms with Gasteiger partial charge in [0, 0.05) is 17.3 Å². The van der Waals surface area contributed by atoms with Gasteiger partial charge in [0.2, 0.25) is 11.8 Å². The number of nitrogens with one attached hydrogen (secondary N) is 1. The zero-order valence-electron chi connectivity index (χ0n) is 12.5. The van der Waals surface area contributed by atoms with Gasteiger partial charge in [0.05, 0.1) is 0 Å². The first-order valence-electron chi connectivity index (χ1n) is 7.17. The van der Waals surface area contributed by atoms with Gasteiger partial charge in [-0.2, -0.15) is 0 Å². The van der Waals surface area contributed by atoms with Gasteiger partial charge < -0.3 is 0 Å². The van der Waals surface area contributed by atoms with Crippen LogP contribution in [0.4, 0.5) is 4.79 Å². The molecule has 114 valence electrons. The highest BCUT2D eigenvalue weighted by Crippen LogP contribution is 2.33. The largest absolute Gasteiger partial charge is 0.331 e. The van der Waals surface area contributed by atoms with Gasteiger partial charge in [0.25, 0.3) is 0 Å². The molecule has 4 amide bonds. The molecule has 0 saturated carbocycles. The van der Waals surface area contributed by atoms with Crippen LogP contribution in [0.25, 0.3) is 0 Å². The van der Waals surface area contributed by atoms with Crippen LogP contribution in [0.3, 0.4) is 0 Å². The fourth-order valence-electron chi connectivity index (χ4n) is 2.78. The first-order valence-corrected chi connectivity index (χ1v) is 8.05. The minimum Gasteiger partial charge on any atom is -0.277 e. The molecule has 2 rings (SSSR count). The Morgan fingerprint density at radius 2 is 1.95 bits per heavy atom. The number of amides is 4. The lowest BCUT2D eigenvalue weighted by Crippen LogP contribution is -2.65. The van der Waals surface area contributed by atoms with E-state index in [0.717, 1.165) is 4.88 Å². The molecule has 1 aliphatic heterocycles. The van der Waals surface area contributed by atoms with E-state index in [1.54, 1.807) is 25.2 Å². The van der Waals surface area contributed by atoms with Gasteiger partial charge >= 0.3 is 6.03 Å². The second-order valence-corrected chi connectivity index (χ2v) is 6.39. The fourth-order valence-corrected chi connectivity index (χ4v) is 3.61. The van der Waals surface area contributed by atoms with E-state index in [4.69, 9.17) is 0 Å². The Balaban J connectivity index is 2.27. The van der Waals surface area contributed by atoms with Gasteiger partial charge in [-0.25, -0.2) is 4.79 Å². The molecule has 1 atom stereocenters. The number of carbonyl (C=O) groups excluding carboxylic acids is 3. The van der Waals surface area contributed by atoms with Crippen LogP contribution in [0.2, 0.25) is 0 Å². The second kappa shape index (κ2) is 5.97. The maximum Gasteiger partial charge on any atom is 0.331 e. The molecule has 0 aromatic carbocycles. The third-order valence-electron chi connectivity index (χ3n) is 4.23. The molecule has 0 radical (unpaired) electrons. The fraction of sp³-hybridized carbons (Fsp3) is 0.533. The molecule has 1 saturated heterocycles. The van der Waals surface area contributed by atoms with Gasteiger partial charge in [-0.3, -0.25) is 19.8 Å². The van der Waals surface area contributed by atoms with E-state index < -0.39 is 17.4 Å². The Kier molecular flexibility index (Phi) is 4.46. The number of nitrogens with zero attached hydrogens (tertiary/aromatic N) is 1. The standard InChI is InChI=1S/C15H20N2O3S/c1-4-15(5-2)12(18)16-14(20)17(13(15)19)10(3)9-11-7-6-8-21-11/h6-8,10H,4-5,9H2,1-3H3,(H,16,18,20). The smallest absolute Gasteiger partial charge is 0.277 e. The first-order chi connectivity index (χ1) is 9.96. The Morgan fingerprint density at radius 1 is 1.29 bits per heavy atom. The summed E-state index contributed by atoms with van der Waals surface area (Å²) in [5.41, 5.74) is -1.11. The molecule has 1 aromatic rings. The number of rotatable bonds is 5. The Labute approximate surface area is 128 Å². The van der Waals surface area contributed by atoms with E-state index in [1.165, 1.54) is 4.90 Å². The number of carbonyl (C=O) groups is 3. The summed E-state index contributed by atoms with van der Waals surface area (Å²) in [5, 5.41) is 4.31. The molecule has 1 fully saturated rings. The zero-order chi connectivity index (χ0) is 15.6. The maximum absolute atomic E-state index is 12.7. The number of urea groups is 1. The molecule has 0 aliphatic carbocycles. The Morgan fingerprint density at radius 3 is 2.48 bits per heavy atom. The normalized spacial score (nSPS) is 19.6. The number of thiophene rings is 1. The van der Waals surface area contributed by atoms with E-state index in [9.17, 15) is 14.4 Å². The average Bonchev–Trinajstić information content (AvgIpc) is 2.92. The monoisotopic (exact) mass is 308 g/mol. The van der Waals surface area contributed by atoms with E-state index in [0.29, 0.717) is 19.3 Å². The van der Waals surface area contributed by atoms with Gasteiger partial charge in [0.15, 0.2) is 0 Å². The summed E-state index contributed by atoms with van der Waals surface area (Å²) in [4.78, 5) is 39.3. The maximum atomic E-state index is 12.7. The highest BCUT2D eigenvalue weighted by atomic mass is 32.1. The molecular weight excluding hydrogens is 288 g/mol. The minimum atomic E-state index is -1.11. The lowest BCUT2D eigenvalue weighted by atomic mass is 9.78. The van der Waals surface area contributed by atoms with Crippen LogP contribution in [0.15, 0.2) is 17.5 Å². The van der Waals surface area contributed by atoms with Crippen LogP contribution in [0, 0.1) is 5.41 Å². The average molecular weight is 308 g/mol. The number of imide groups is 2. The number of barbiturate groups is 1. The summed E-state index contributed by atoms with van der Waals surface area (Å²) in [5.74, 6) is -0.840. The van der Waals surface area contributed by atoms with E-state index in [-0.39, 0.29) is 11.9 Å². The van der Waals surface area contributed by atoms with Crippen molar-refractivity contribution < 1.29 is 14.4 Å². The summed E-state index contributed by atoms with van der Waals surface area (Å²) in [6, 6.07) is 3.04. The van der Waals surface area contributed by atoms with Crippen molar-refractivity contribution in [3.63, 3.8) is 0 Å². The molecule has 6 heteroatoms. The Hall–Kier alpha value is -1.69. The van der Waals surface area contributed by atoms with Crippen molar-refractivity contribution in [3.05, 3.63) is 22.4 Å². The topological polar surface area (TPSA) is 66.5 Å². The molecule has 21 heavy (non-hydrogen) atoms. The summed E-state index contributed by atoms with van der Waals surface area (Å²) in [6.45, 7) is 5.45. The van der Waals surface area contributed by atoms with Crippen LogP contribution in [0.5, 0.6) is 0 Å². The zero-order valence-corrected chi connectivity index (χ0v) is 13.3. The minimum absolute atomic E-state index is 0.276. The quantitative estimate of drug-likeness (QED) is 0.850. The van der Waals surface area contributed by atoms with Crippen molar-refractivity contribution in [2.75, 3.05) is 0 Å². The van der Waals surface area contributed by atoms with Crippen molar-refractivity contribution in [2.24, 2.45) is 5.41 Å². The van der Waals surface area contributed by atoms with Crippen molar-refractivity contribution in [1.29, 1.82) is 0 Å². The van der Waals surface area contributed by atoms with Crippen molar-refractivity contribution >= 4 is 29.2 Å². The predicted octanol–water partition coefficient (Wildman–Crippen LogP) is 2.56. The van der Waals surface area contributed by atoms with Gasteiger partial charge in [-0.1, -0.05) is 19.9 Å². The van der Waals surface area contributed by atoms with E-state index in [1.807, 2.05) is 24.4 Å². The molecule has 1 aromatic heterocycles. The summed E-state index contributed by atoms with van der Waals surface area (Å²) < 4.78 is 0. The molecule has 1 unspecified atom stereocenters. The summed E-state index contributed by atoms with van der Waals surface area (Å²) in [6.07, 6.45) is 1.39. The van der Waals surface area contributed by atoms with Gasteiger partial charge in [-0.15, -0.1) is 11.3 Å². The van der Waals surface area contributed by atoms with Gasteiger partial charge in [-0.05, 0) is 31.2 Å². The molecule has 0 spiro atoms. The third kappa shape index (κ3) is 2.60. The second-order valence-electron chi connectivity index (χ2n) is 5.36. The van der Waals surface area contributed by atoms with E-state index >= 15 is 0 Å². The summed E-state index contributed by atoms with van der Waals surface area (Å²) >= 11 is 1.59. The molecule has 2 heterocycles. The summed E-state index contributed by atoms with van der Waals surface area (Å²) in [7, 11) is 0. The SMILES string of the molecule is CCC1(CC)C(=O)NC(=O)N(C(C)Cc2cccs2)C1=O. The lowest BCUT2D eigenvalue weighted by Gasteiger charge is -2.40.